The van der Waals surface area contributed by atoms with Crippen molar-refractivity contribution in [1.29, 1.82) is 0 Å². The highest BCUT2D eigenvalue weighted by Gasteiger charge is 2.39. The molecular weight excluding hydrogens is 274 g/mol. The lowest BCUT2D eigenvalue weighted by Gasteiger charge is -2.29. The molecule has 2 rings (SSSR count). The maximum Gasteiger partial charge on any atom is 0.243 e. The molecule has 114 valence electrons. The Labute approximate surface area is 125 Å². The summed E-state index contributed by atoms with van der Waals surface area (Å²) in [4.78, 5) is 26.3. The molecule has 0 radical (unpaired) electrons. The molecule has 1 saturated heterocycles. The lowest BCUT2D eigenvalue weighted by molar-refractivity contribution is -0.144. The molecule has 20 heavy (non-hydrogen) atoms. The van der Waals surface area contributed by atoms with Crippen LogP contribution in [0.3, 0.4) is 0 Å². The predicted molar refractivity (Wildman–Crippen MR) is 81.1 cm³/mol. The zero-order valence-electron chi connectivity index (χ0n) is 12.5. The largest absolute Gasteiger partial charge is 0.353 e. The van der Waals surface area contributed by atoms with Crippen LogP contribution < -0.4 is 11.1 Å². The van der Waals surface area contributed by atoms with Crippen molar-refractivity contribution >= 4 is 23.6 Å². The predicted octanol–water partition coefficient (Wildman–Crippen LogP) is 0.788. The first-order valence-electron chi connectivity index (χ1n) is 7.23. The third-order valence-electron chi connectivity index (χ3n) is 3.83. The molecule has 0 spiro atoms. The molecule has 0 aromatic heterocycles. The Morgan fingerprint density at radius 3 is 2.60 bits per heavy atom. The molecule has 0 aromatic carbocycles. The van der Waals surface area contributed by atoms with Gasteiger partial charge < -0.3 is 16.0 Å². The van der Waals surface area contributed by atoms with E-state index in [1.165, 1.54) is 12.8 Å². The van der Waals surface area contributed by atoms with Gasteiger partial charge in [0.15, 0.2) is 0 Å². The van der Waals surface area contributed by atoms with E-state index >= 15 is 0 Å². The topological polar surface area (TPSA) is 75.4 Å². The van der Waals surface area contributed by atoms with E-state index in [0.29, 0.717) is 24.1 Å². The third-order valence-corrected chi connectivity index (χ3v) is 4.84. The fourth-order valence-electron chi connectivity index (χ4n) is 2.32. The summed E-state index contributed by atoms with van der Waals surface area (Å²) in [5.41, 5.74) is 5.54. The molecule has 5 nitrogen and oxygen atoms in total. The maximum atomic E-state index is 12.3. The van der Waals surface area contributed by atoms with Gasteiger partial charge in [0.25, 0.3) is 0 Å². The first-order chi connectivity index (χ1) is 9.30. The van der Waals surface area contributed by atoms with E-state index in [2.05, 4.69) is 5.32 Å². The van der Waals surface area contributed by atoms with Crippen LogP contribution in [0.1, 0.15) is 33.6 Å². The Hall–Kier alpha value is -0.750. The van der Waals surface area contributed by atoms with Crippen molar-refractivity contribution in [2.75, 3.05) is 18.2 Å². The van der Waals surface area contributed by atoms with Gasteiger partial charge in [-0.15, -0.1) is 11.8 Å². The molecule has 0 bridgehead atoms. The summed E-state index contributed by atoms with van der Waals surface area (Å²) in [6.45, 7) is 6.17. The standard InChI is InChI=1S/C14H25N3O2S/c1-14(2,3)13(19)17-8-20-7-11(17)12(18)16-6-10(15)9-4-5-9/h9-11H,4-8,15H2,1-3H3,(H,16,18). The molecule has 2 fully saturated rings. The van der Waals surface area contributed by atoms with Crippen molar-refractivity contribution in [3.8, 4) is 0 Å². The van der Waals surface area contributed by atoms with Gasteiger partial charge in [-0.25, -0.2) is 0 Å². The Morgan fingerprint density at radius 2 is 2.05 bits per heavy atom. The van der Waals surface area contributed by atoms with Gasteiger partial charge in [-0.3, -0.25) is 9.59 Å². The van der Waals surface area contributed by atoms with Gasteiger partial charge in [-0.2, -0.15) is 0 Å². The number of rotatable bonds is 4. The number of amides is 2. The minimum Gasteiger partial charge on any atom is -0.353 e. The van der Waals surface area contributed by atoms with Crippen molar-refractivity contribution in [2.45, 2.75) is 45.7 Å². The van der Waals surface area contributed by atoms with Gasteiger partial charge >= 0.3 is 0 Å². The Bertz CT molecular complexity index is 390. The van der Waals surface area contributed by atoms with Crippen LogP contribution in [-0.2, 0) is 9.59 Å². The number of carbonyl (C=O) groups excluding carboxylic acids is 2. The highest BCUT2D eigenvalue weighted by molar-refractivity contribution is 7.99. The van der Waals surface area contributed by atoms with Crippen LogP contribution in [0.15, 0.2) is 0 Å². The van der Waals surface area contributed by atoms with Crippen LogP contribution in [0.4, 0.5) is 0 Å². The molecule has 2 amide bonds. The molecule has 2 unspecified atom stereocenters. The number of nitrogens with zero attached hydrogens (tertiary/aromatic N) is 1. The van der Waals surface area contributed by atoms with Gasteiger partial charge in [0.05, 0.1) is 5.88 Å². The molecule has 1 aliphatic carbocycles. The molecule has 1 aliphatic heterocycles. The fraction of sp³-hybridized carbons (Fsp3) is 0.857. The number of nitrogens with one attached hydrogen (secondary N) is 1. The zero-order chi connectivity index (χ0) is 14.9. The van der Waals surface area contributed by atoms with Crippen LogP contribution in [0.5, 0.6) is 0 Å². The normalized spacial score (nSPS) is 24.6. The highest BCUT2D eigenvalue weighted by Crippen LogP contribution is 2.31. The summed E-state index contributed by atoms with van der Waals surface area (Å²) < 4.78 is 0. The van der Waals surface area contributed by atoms with E-state index in [-0.39, 0.29) is 23.9 Å². The van der Waals surface area contributed by atoms with E-state index in [4.69, 9.17) is 5.73 Å². The Morgan fingerprint density at radius 1 is 1.40 bits per heavy atom. The fourth-order valence-corrected chi connectivity index (χ4v) is 3.47. The van der Waals surface area contributed by atoms with Crippen molar-refractivity contribution in [3.05, 3.63) is 0 Å². The zero-order valence-corrected chi connectivity index (χ0v) is 13.3. The van der Waals surface area contributed by atoms with E-state index in [0.717, 1.165) is 0 Å². The average molecular weight is 299 g/mol. The van der Waals surface area contributed by atoms with Gasteiger partial charge in [-0.1, -0.05) is 20.8 Å². The average Bonchev–Trinajstić information content (AvgIpc) is 3.11. The van der Waals surface area contributed by atoms with Crippen LogP contribution in [0, 0.1) is 11.3 Å². The lowest BCUT2D eigenvalue weighted by Crippen LogP contribution is -2.52. The quantitative estimate of drug-likeness (QED) is 0.805. The number of hydrogen-bond donors (Lipinski definition) is 2. The van der Waals surface area contributed by atoms with Gasteiger partial charge in [-0.05, 0) is 18.8 Å². The number of nitrogens with two attached hydrogens (primary N) is 1. The van der Waals surface area contributed by atoms with Crippen molar-refractivity contribution in [1.82, 2.24) is 10.2 Å². The van der Waals surface area contributed by atoms with Crippen molar-refractivity contribution in [2.24, 2.45) is 17.1 Å². The Balaban J connectivity index is 1.89. The van der Waals surface area contributed by atoms with E-state index < -0.39 is 5.41 Å². The third kappa shape index (κ3) is 3.67. The molecule has 2 aliphatic rings. The first kappa shape index (κ1) is 15.6. The van der Waals surface area contributed by atoms with Crippen LogP contribution in [0.25, 0.3) is 0 Å². The maximum absolute atomic E-state index is 12.3. The summed E-state index contributed by atoms with van der Waals surface area (Å²) in [5.74, 6) is 1.81. The minimum atomic E-state index is -0.451. The van der Waals surface area contributed by atoms with Gasteiger partial charge in [0.1, 0.15) is 6.04 Å². The molecule has 1 saturated carbocycles. The summed E-state index contributed by atoms with van der Waals surface area (Å²) in [7, 11) is 0. The van der Waals surface area contributed by atoms with Crippen molar-refractivity contribution < 1.29 is 9.59 Å². The van der Waals surface area contributed by atoms with Crippen LogP contribution >= 0.6 is 11.8 Å². The summed E-state index contributed by atoms with van der Waals surface area (Å²) in [6.07, 6.45) is 2.34. The lowest BCUT2D eigenvalue weighted by atomic mass is 9.94. The van der Waals surface area contributed by atoms with E-state index in [9.17, 15) is 9.59 Å². The molecule has 6 heteroatoms. The van der Waals surface area contributed by atoms with Gasteiger partial charge in [0.2, 0.25) is 11.8 Å². The monoisotopic (exact) mass is 299 g/mol. The Kier molecular flexibility index (Phi) is 4.64. The summed E-state index contributed by atoms with van der Waals surface area (Å²) in [5, 5.41) is 2.91. The molecule has 0 aromatic rings. The van der Waals surface area contributed by atoms with Crippen LogP contribution in [-0.4, -0.2) is 47.0 Å². The second-order valence-electron chi connectivity index (χ2n) is 6.79. The second kappa shape index (κ2) is 5.93. The highest BCUT2D eigenvalue weighted by atomic mass is 32.2. The first-order valence-corrected chi connectivity index (χ1v) is 8.38. The molecular formula is C14H25N3O2S. The number of hydrogen-bond acceptors (Lipinski definition) is 4. The number of thioether (sulfide) groups is 1. The molecule has 2 atom stereocenters. The van der Waals surface area contributed by atoms with Crippen molar-refractivity contribution in [3.63, 3.8) is 0 Å². The minimum absolute atomic E-state index is 0.0362. The van der Waals surface area contributed by atoms with Crippen LogP contribution in [0.2, 0.25) is 0 Å². The smallest absolute Gasteiger partial charge is 0.243 e. The van der Waals surface area contributed by atoms with E-state index in [1.807, 2.05) is 20.8 Å². The molecule has 3 N–H and O–H groups in total. The summed E-state index contributed by atoms with van der Waals surface area (Å²) in [6, 6.07) is -0.294. The van der Waals surface area contributed by atoms with Gasteiger partial charge in [0, 0.05) is 23.8 Å². The van der Waals surface area contributed by atoms with E-state index in [1.54, 1.807) is 16.7 Å². The summed E-state index contributed by atoms with van der Waals surface area (Å²) >= 11 is 1.63. The molecule has 1 heterocycles. The number of carbonyl (C=O) groups is 2. The SMILES string of the molecule is CC(C)(C)C(=O)N1CSCC1C(=O)NCC(N)C1CC1. The second-order valence-corrected chi connectivity index (χ2v) is 7.79.